The van der Waals surface area contributed by atoms with Crippen LogP contribution in [0, 0.1) is 0 Å². The number of H-pyrrole nitrogens is 1. The Morgan fingerprint density at radius 3 is 2.33 bits per heavy atom. The molecule has 0 spiro atoms. The highest BCUT2D eigenvalue weighted by Gasteiger charge is 2.49. The van der Waals surface area contributed by atoms with E-state index in [0.29, 0.717) is 37.1 Å². The number of carbonyl (C=O) groups is 2. The van der Waals surface area contributed by atoms with Crippen LogP contribution in [0.5, 0.6) is 0 Å². The molecule has 0 fully saturated rings. The molecular weight excluding hydrogens is 555 g/mol. The summed E-state index contributed by atoms with van der Waals surface area (Å²) in [5.41, 5.74) is 0.995. The molecule has 1 amide bonds. The van der Waals surface area contributed by atoms with Gasteiger partial charge in [-0.3, -0.25) is 14.4 Å². The summed E-state index contributed by atoms with van der Waals surface area (Å²) in [6, 6.07) is 11.6. The van der Waals surface area contributed by atoms with E-state index >= 15 is 0 Å². The van der Waals surface area contributed by atoms with Gasteiger partial charge in [-0.1, -0.05) is 47.5 Å². The first-order valence-electron chi connectivity index (χ1n) is 11.4. The molecule has 1 aliphatic heterocycles. The first kappa shape index (κ1) is 26.4. The molecule has 2 aromatic carbocycles. The summed E-state index contributed by atoms with van der Waals surface area (Å²) in [6.45, 7) is 0. The quantitative estimate of drug-likeness (QED) is 0.332. The number of hydrogen-bond donors (Lipinski definition) is 2. The smallest absolute Gasteiger partial charge is 0.337 e. The molecular formula is C26H17Cl2F2N5O4. The average molecular weight is 572 g/mol. The van der Waals surface area contributed by atoms with Crippen molar-refractivity contribution in [3.8, 4) is 11.1 Å². The number of hydrogen-bond acceptors (Lipinski definition) is 6. The molecule has 1 atom stereocenters. The zero-order valence-corrected chi connectivity index (χ0v) is 21.2. The van der Waals surface area contributed by atoms with Gasteiger partial charge in [-0.2, -0.15) is 13.9 Å². The van der Waals surface area contributed by atoms with Gasteiger partial charge in [0.25, 0.3) is 5.56 Å². The Kier molecular flexibility index (Phi) is 6.87. The predicted molar refractivity (Wildman–Crippen MR) is 140 cm³/mol. The molecule has 0 radical (unpaired) electrons. The number of halogens is 4. The second-order valence-corrected chi connectivity index (χ2v) is 9.61. The molecule has 198 valence electrons. The fraction of sp³-hybridized carbons (Fsp3) is 0.154. The highest BCUT2D eigenvalue weighted by atomic mass is 35.5. The number of alkyl halides is 2. The highest BCUT2D eigenvalue weighted by molar-refractivity contribution is 6.31. The molecule has 0 aliphatic carbocycles. The zero-order valence-electron chi connectivity index (χ0n) is 19.7. The number of aromatic nitrogens is 3. The first-order chi connectivity index (χ1) is 18.5. The van der Waals surface area contributed by atoms with Crippen molar-refractivity contribution in [2.75, 3.05) is 0 Å². The largest absolute Gasteiger partial charge is 0.481 e. The molecule has 0 saturated carbocycles. The first-order valence-corrected chi connectivity index (χ1v) is 12.2. The van der Waals surface area contributed by atoms with Gasteiger partial charge < -0.3 is 10.1 Å². The lowest BCUT2D eigenvalue weighted by atomic mass is 9.92. The minimum absolute atomic E-state index is 0.0236. The minimum Gasteiger partial charge on any atom is -0.481 e. The number of rotatable bonds is 6. The highest BCUT2D eigenvalue weighted by Crippen LogP contribution is 2.39. The number of amides is 1. The number of nitrogens with zero attached hydrogens (tertiary/aromatic N) is 4. The van der Waals surface area contributed by atoms with Crippen molar-refractivity contribution in [3.05, 3.63) is 92.6 Å². The van der Waals surface area contributed by atoms with Crippen molar-refractivity contribution in [1.29, 1.82) is 0 Å². The third-order valence-electron chi connectivity index (χ3n) is 6.17. The summed E-state index contributed by atoms with van der Waals surface area (Å²) in [5, 5.41) is 14.9. The maximum Gasteiger partial charge on any atom is 0.337 e. The van der Waals surface area contributed by atoms with Crippen LogP contribution in [0.1, 0.15) is 30.0 Å². The molecule has 0 bridgehead atoms. The summed E-state index contributed by atoms with van der Waals surface area (Å²) in [5.74, 6) is -7.91. The van der Waals surface area contributed by atoms with Crippen LogP contribution in [-0.4, -0.2) is 48.6 Å². The second-order valence-electron chi connectivity index (χ2n) is 8.74. The molecule has 5 rings (SSSR count). The van der Waals surface area contributed by atoms with Gasteiger partial charge in [-0.05, 0) is 35.4 Å². The van der Waals surface area contributed by atoms with E-state index in [-0.39, 0.29) is 23.3 Å². The van der Waals surface area contributed by atoms with Crippen LogP contribution in [0.15, 0.2) is 71.0 Å². The lowest BCUT2D eigenvalue weighted by Gasteiger charge is -2.25. The van der Waals surface area contributed by atoms with E-state index in [1.54, 1.807) is 36.4 Å². The van der Waals surface area contributed by atoms with Crippen molar-refractivity contribution in [1.82, 2.24) is 20.0 Å². The van der Waals surface area contributed by atoms with E-state index in [2.05, 4.69) is 20.1 Å². The molecule has 4 aromatic rings. The van der Waals surface area contributed by atoms with Crippen LogP contribution < -0.4 is 5.56 Å². The van der Waals surface area contributed by atoms with Gasteiger partial charge in [0.15, 0.2) is 0 Å². The van der Waals surface area contributed by atoms with E-state index in [1.807, 2.05) is 0 Å². The van der Waals surface area contributed by atoms with Crippen LogP contribution in [0.3, 0.4) is 0 Å². The Labute approximate surface area is 228 Å². The number of pyridine rings is 1. The number of carboxylic acid groups (broad SMARTS) is 1. The topological polar surface area (TPSA) is 129 Å². The third-order valence-corrected chi connectivity index (χ3v) is 6.68. The molecule has 13 heteroatoms. The van der Waals surface area contributed by atoms with Crippen molar-refractivity contribution < 1.29 is 23.5 Å². The number of carboxylic acids is 1. The number of aromatic amines is 1. The second kappa shape index (κ2) is 10.2. The monoisotopic (exact) mass is 571 g/mol. The molecule has 2 aromatic heterocycles. The van der Waals surface area contributed by atoms with Crippen molar-refractivity contribution in [2.24, 2.45) is 5.10 Å². The van der Waals surface area contributed by atoms with Crippen LogP contribution in [-0.2, 0) is 9.59 Å². The average Bonchev–Trinajstić information content (AvgIpc) is 3.32. The predicted octanol–water partition coefficient (Wildman–Crippen LogP) is 5.08. The number of benzene rings is 2. The number of hydrazone groups is 1. The molecule has 39 heavy (non-hydrogen) atoms. The Morgan fingerprint density at radius 1 is 1.05 bits per heavy atom. The fourth-order valence-electron chi connectivity index (χ4n) is 4.45. The standard InChI is InChI=1S/C26H17Cl2F2N5O4/c27-15-5-1-13(2-6-15)19-9-18(34-35(19)25(39)26(29,30)10-20(36)37)22-21(14-3-7-16(28)8-4-14)17-11-31-12-32-23(17)33-24(22)38/h1-8,11-12,19H,9-10H2,(H,36,37)(H,31,32,33,38). The van der Waals surface area contributed by atoms with Crippen LogP contribution >= 0.6 is 23.2 Å². The Hall–Kier alpha value is -4.22. The SMILES string of the molecule is O=C(O)CC(F)(F)C(=O)N1N=C(c2c(-c3ccc(Cl)cc3)c3cncnc3[nH]c2=O)CC1c1ccc(Cl)cc1. The molecule has 1 aliphatic rings. The number of carbonyl (C=O) groups excluding carboxylic acids is 1. The van der Waals surface area contributed by atoms with E-state index < -0.39 is 35.8 Å². The molecule has 2 N–H and O–H groups in total. The van der Waals surface area contributed by atoms with Crippen molar-refractivity contribution >= 4 is 51.8 Å². The zero-order chi connectivity index (χ0) is 27.9. The summed E-state index contributed by atoms with van der Waals surface area (Å²) < 4.78 is 29.4. The number of nitrogens with one attached hydrogen (secondary N) is 1. The lowest BCUT2D eigenvalue weighted by molar-refractivity contribution is -0.167. The summed E-state index contributed by atoms with van der Waals surface area (Å²) in [4.78, 5) is 48.3. The summed E-state index contributed by atoms with van der Waals surface area (Å²) >= 11 is 12.1. The molecule has 1 unspecified atom stereocenters. The normalized spacial score (nSPS) is 15.4. The van der Waals surface area contributed by atoms with E-state index in [4.69, 9.17) is 28.3 Å². The van der Waals surface area contributed by atoms with Crippen LogP contribution in [0.25, 0.3) is 22.2 Å². The van der Waals surface area contributed by atoms with Gasteiger partial charge >= 0.3 is 17.8 Å². The molecule has 3 heterocycles. The van der Waals surface area contributed by atoms with Crippen molar-refractivity contribution in [2.45, 2.75) is 24.8 Å². The van der Waals surface area contributed by atoms with Gasteiger partial charge in [-0.15, -0.1) is 0 Å². The Bertz CT molecular complexity index is 1690. The van der Waals surface area contributed by atoms with E-state index in [0.717, 1.165) is 0 Å². The minimum atomic E-state index is -4.25. The van der Waals surface area contributed by atoms with Gasteiger partial charge in [-0.25, -0.2) is 15.0 Å². The van der Waals surface area contributed by atoms with Gasteiger partial charge in [0.05, 0.1) is 17.3 Å². The number of fused-ring (bicyclic) bond motifs is 1. The van der Waals surface area contributed by atoms with Gasteiger partial charge in [0, 0.05) is 33.6 Å². The summed E-state index contributed by atoms with van der Waals surface area (Å²) in [6.07, 6.45) is 0.907. The summed E-state index contributed by atoms with van der Waals surface area (Å²) in [7, 11) is 0. The van der Waals surface area contributed by atoms with Gasteiger partial charge in [0.2, 0.25) is 0 Å². The Morgan fingerprint density at radius 2 is 1.69 bits per heavy atom. The number of aliphatic carboxylic acids is 1. The third kappa shape index (κ3) is 5.10. The maximum atomic E-state index is 14.7. The Balaban J connectivity index is 1.72. The van der Waals surface area contributed by atoms with Crippen molar-refractivity contribution in [3.63, 3.8) is 0 Å². The van der Waals surface area contributed by atoms with Crippen LogP contribution in [0.4, 0.5) is 8.78 Å². The molecule has 0 saturated heterocycles. The lowest BCUT2D eigenvalue weighted by Crippen LogP contribution is -2.42. The molecule has 9 nitrogen and oxygen atoms in total. The van der Waals surface area contributed by atoms with E-state index in [9.17, 15) is 23.2 Å². The van der Waals surface area contributed by atoms with Gasteiger partial charge in [0.1, 0.15) is 18.4 Å². The maximum absolute atomic E-state index is 14.7. The van der Waals surface area contributed by atoms with Crippen LogP contribution in [0.2, 0.25) is 10.0 Å². The fourth-order valence-corrected chi connectivity index (χ4v) is 4.70. The van der Waals surface area contributed by atoms with E-state index in [1.165, 1.54) is 24.7 Å².